The first-order valence-corrected chi connectivity index (χ1v) is 7.90. The van der Waals surface area contributed by atoms with Crippen LogP contribution in [0.2, 0.25) is 0 Å². The average Bonchev–Trinajstić information content (AvgIpc) is 2.87. The highest BCUT2D eigenvalue weighted by Crippen LogP contribution is 2.31. The number of hydrogen-bond donors (Lipinski definition) is 0. The number of rotatable bonds is 3. The number of para-hydroxylation sites is 1. The molecular formula is C16H15N3S. The summed E-state index contributed by atoms with van der Waals surface area (Å²) in [6, 6.07) is 10.6. The molecule has 3 heterocycles. The standard InChI is InChI=1S/C16H15N3S/c1-5-13-6-3-9-19-15(13)14(7-1)18-16(19)20-11-12-4-2-8-17-10-12/h1-2,4-5,7-8,10H,3,6,9,11H2. The average molecular weight is 281 g/mol. The lowest BCUT2D eigenvalue weighted by molar-refractivity contribution is 0.588. The molecule has 0 atom stereocenters. The summed E-state index contributed by atoms with van der Waals surface area (Å²) in [6.45, 7) is 1.09. The fraction of sp³-hybridized carbons (Fsp3) is 0.250. The Morgan fingerprint density at radius 3 is 3.10 bits per heavy atom. The van der Waals surface area contributed by atoms with Crippen molar-refractivity contribution in [1.29, 1.82) is 0 Å². The first kappa shape index (κ1) is 12.0. The predicted octanol–water partition coefficient (Wildman–Crippen LogP) is 3.67. The fourth-order valence-corrected chi connectivity index (χ4v) is 3.78. The minimum Gasteiger partial charge on any atom is -0.319 e. The Morgan fingerprint density at radius 2 is 2.20 bits per heavy atom. The quantitative estimate of drug-likeness (QED) is 0.686. The minimum absolute atomic E-state index is 0.923. The summed E-state index contributed by atoms with van der Waals surface area (Å²) in [5.41, 5.74) is 5.16. The molecule has 0 N–H and O–H groups in total. The van der Waals surface area contributed by atoms with Gasteiger partial charge in [0.15, 0.2) is 5.16 Å². The summed E-state index contributed by atoms with van der Waals surface area (Å²) < 4.78 is 2.38. The zero-order valence-electron chi connectivity index (χ0n) is 11.1. The molecule has 3 nitrogen and oxygen atoms in total. The highest BCUT2D eigenvalue weighted by Gasteiger charge is 2.17. The van der Waals surface area contributed by atoms with Gasteiger partial charge in [-0.3, -0.25) is 4.98 Å². The number of hydrogen-bond acceptors (Lipinski definition) is 3. The van der Waals surface area contributed by atoms with Crippen LogP contribution in [0.25, 0.3) is 11.0 Å². The molecule has 100 valence electrons. The number of nitrogens with zero attached hydrogens (tertiary/aromatic N) is 3. The van der Waals surface area contributed by atoms with Crippen molar-refractivity contribution in [2.45, 2.75) is 30.3 Å². The highest BCUT2D eigenvalue weighted by atomic mass is 32.2. The molecule has 0 saturated carbocycles. The van der Waals surface area contributed by atoms with Gasteiger partial charge in [-0.05, 0) is 36.1 Å². The van der Waals surface area contributed by atoms with E-state index in [1.54, 1.807) is 11.8 Å². The Bertz CT molecular complexity index is 749. The van der Waals surface area contributed by atoms with E-state index in [0.29, 0.717) is 0 Å². The highest BCUT2D eigenvalue weighted by molar-refractivity contribution is 7.98. The summed E-state index contributed by atoms with van der Waals surface area (Å²) in [4.78, 5) is 8.97. The van der Waals surface area contributed by atoms with E-state index in [9.17, 15) is 0 Å². The number of benzene rings is 1. The lowest BCUT2D eigenvalue weighted by Gasteiger charge is -2.16. The predicted molar refractivity (Wildman–Crippen MR) is 81.9 cm³/mol. The molecule has 2 aromatic heterocycles. The maximum atomic E-state index is 4.80. The van der Waals surface area contributed by atoms with Crippen molar-refractivity contribution >= 4 is 22.8 Å². The lowest BCUT2D eigenvalue weighted by atomic mass is 10.1. The summed E-state index contributed by atoms with van der Waals surface area (Å²) in [5.74, 6) is 0.923. The molecule has 4 heteroatoms. The van der Waals surface area contributed by atoms with Crippen LogP contribution in [0.1, 0.15) is 17.5 Å². The molecule has 0 amide bonds. The third-order valence-corrected chi connectivity index (χ3v) is 4.78. The van der Waals surface area contributed by atoms with Crippen molar-refractivity contribution in [3.05, 3.63) is 53.9 Å². The van der Waals surface area contributed by atoms with Crippen molar-refractivity contribution in [3.63, 3.8) is 0 Å². The molecule has 0 unspecified atom stereocenters. The van der Waals surface area contributed by atoms with Crippen LogP contribution in [0.15, 0.2) is 47.9 Å². The van der Waals surface area contributed by atoms with Gasteiger partial charge in [-0.15, -0.1) is 0 Å². The number of thioether (sulfide) groups is 1. The molecule has 3 aromatic rings. The van der Waals surface area contributed by atoms with Gasteiger partial charge in [-0.2, -0.15) is 0 Å². The van der Waals surface area contributed by atoms with E-state index in [4.69, 9.17) is 4.98 Å². The molecule has 0 radical (unpaired) electrons. The van der Waals surface area contributed by atoms with E-state index in [0.717, 1.165) is 23.0 Å². The molecular weight excluding hydrogens is 266 g/mol. The van der Waals surface area contributed by atoms with Crippen LogP contribution in [0.5, 0.6) is 0 Å². The largest absolute Gasteiger partial charge is 0.319 e. The fourth-order valence-electron chi connectivity index (χ4n) is 2.82. The summed E-state index contributed by atoms with van der Waals surface area (Å²) in [5, 5.41) is 1.14. The zero-order chi connectivity index (χ0) is 13.4. The molecule has 0 fully saturated rings. The van der Waals surface area contributed by atoms with E-state index in [1.807, 2.05) is 18.5 Å². The molecule has 4 rings (SSSR count). The maximum absolute atomic E-state index is 4.80. The van der Waals surface area contributed by atoms with E-state index in [2.05, 4.69) is 33.8 Å². The molecule has 0 aliphatic carbocycles. The normalized spacial score (nSPS) is 13.8. The van der Waals surface area contributed by atoms with Gasteiger partial charge >= 0.3 is 0 Å². The minimum atomic E-state index is 0.923. The third-order valence-electron chi connectivity index (χ3n) is 3.73. The van der Waals surface area contributed by atoms with Crippen LogP contribution < -0.4 is 0 Å². The van der Waals surface area contributed by atoms with Crippen LogP contribution >= 0.6 is 11.8 Å². The van der Waals surface area contributed by atoms with Gasteiger partial charge in [0, 0.05) is 24.7 Å². The van der Waals surface area contributed by atoms with Gasteiger partial charge in [-0.25, -0.2) is 4.98 Å². The number of pyridine rings is 1. The Morgan fingerprint density at radius 1 is 1.20 bits per heavy atom. The topological polar surface area (TPSA) is 30.7 Å². The Hall–Kier alpha value is -1.81. The van der Waals surface area contributed by atoms with Crippen LogP contribution in [0.3, 0.4) is 0 Å². The molecule has 1 aromatic carbocycles. The van der Waals surface area contributed by atoms with E-state index < -0.39 is 0 Å². The van der Waals surface area contributed by atoms with Crippen LogP contribution in [0.4, 0.5) is 0 Å². The maximum Gasteiger partial charge on any atom is 0.169 e. The van der Waals surface area contributed by atoms with Crippen molar-refractivity contribution in [2.24, 2.45) is 0 Å². The van der Waals surface area contributed by atoms with Crippen molar-refractivity contribution in [1.82, 2.24) is 14.5 Å². The second-order valence-corrected chi connectivity index (χ2v) is 6.03. The van der Waals surface area contributed by atoms with Gasteiger partial charge in [0.25, 0.3) is 0 Å². The third kappa shape index (κ3) is 2.00. The van der Waals surface area contributed by atoms with Crippen LogP contribution in [0, 0.1) is 0 Å². The van der Waals surface area contributed by atoms with Gasteiger partial charge in [0.05, 0.1) is 11.0 Å². The molecule has 0 saturated heterocycles. The van der Waals surface area contributed by atoms with Gasteiger partial charge in [0.1, 0.15) is 0 Å². The first-order valence-electron chi connectivity index (χ1n) is 6.91. The monoisotopic (exact) mass is 281 g/mol. The van der Waals surface area contributed by atoms with Crippen molar-refractivity contribution in [3.8, 4) is 0 Å². The Labute approximate surface area is 122 Å². The second kappa shape index (κ2) is 4.94. The Balaban J connectivity index is 1.69. The first-order chi connectivity index (χ1) is 9.92. The number of aromatic nitrogens is 3. The van der Waals surface area contributed by atoms with Crippen LogP contribution in [-0.4, -0.2) is 14.5 Å². The molecule has 20 heavy (non-hydrogen) atoms. The van der Waals surface area contributed by atoms with E-state index in [-0.39, 0.29) is 0 Å². The van der Waals surface area contributed by atoms with Gasteiger partial charge in [-0.1, -0.05) is 30.0 Å². The smallest absolute Gasteiger partial charge is 0.169 e. The lowest BCUT2D eigenvalue weighted by Crippen LogP contribution is -2.08. The second-order valence-electron chi connectivity index (χ2n) is 5.08. The molecule has 0 spiro atoms. The number of imidazole rings is 1. The number of aryl methyl sites for hydroxylation is 2. The van der Waals surface area contributed by atoms with Crippen molar-refractivity contribution < 1.29 is 0 Å². The van der Waals surface area contributed by atoms with Gasteiger partial charge in [0.2, 0.25) is 0 Å². The Kier molecular flexibility index (Phi) is 2.96. The van der Waals surface area contributed by atoms with E-state index >= 15 is 0 Å². The van der Waals surface area contributed by atoms with Crippen molar-refractivity contribution in [2.75, 3.05) is 0 Å². The summed E-state index contributed by atoms with van der Waals surface area (Å²) in [6.07, 6.45) is 6.13. The summed E-state index contributed by atoms with van der Waals surface area (Å²) in [7, 11) is 0. The van der Waals surface area contributed by atoms with Gasteiger partial charge < -0.3 is 4.57 Å². The SMILES string of the molecule is c1cncc(CSc2nc3cccc4c3n2CCC4)c1. The summed E-state index contributed by atoms with van der Waals surface area (Å²) >= 11 is 1.80. The van der Waals surface area contributed by atoms with Crippen LogP contribution in [-0.2, 0) is 18.7 Å². The zero-order valence-corrected chi connectivity index (χ0v) is 11.9. The van der Waals surface area contributed by atoms with E-state index in [1.165, 1.54) is 29.5 Å². The molecule has 1 aliphatic heterocycles. The molecule has 0 bridgehead atoms. The molecule has 1 aliphatic rings.